The quantitative estimate of drug-likeness (QED) is 0.656. The molecule has 0 fully saturated rings. The molecule has 2 N–H and O–H groups in total. The van der Waals surface area contributed by atoms with Gasteiger partial charge in [-0.2, -0.15) is 0 Å². The Bertz CT molecular complexity index is 984. The number of hydrogen-bond acceptors (Lipinski definition) is 5. The maximum absolute atomic E-state index is 13.0. The zero-order valence-electron chi connectivity index (χ0n) is 18.5. The van der Waals surface area contributed by atoms with E-state index in [1.165, 1.54) is 7.11 Å². The number of carbonyl (C=O) groups excluding carboxylic acids is 2. The molecular weight excluding hydrogens is 396 g/mol. The maximum atomic E-state index is 13.0. The average Bonchev–Trinajstić information content (AvgIpc) is 3.00. The predicted octanol–water partition coefficient (Wildman–Crippen LogP) is 2.19. The Morgan fingerprint density at radius 2 is 1.71 bits per heavy atom. The van der Waals surface area contributed by atoms with E-state index in [1.807, 2.05) is 67.7 Å². The van der Waals surface area contributed by atoms with Gasteiger partial charge in [-0.25, -0.2) is 4.79 Å². The molecule has 2 atom stereocenters. The number of ether oxygens (including phenoxy) is 3. The molecule has 7 nitrogen and oxygen atoms in total. The number of quaternary nitrogens is 1. The van der Waals surface area contributed by atoms with Gasteiger partial charge in [-0.05, 0) is 43.7 Å². The van der Waals surface area contributed by atoms with Crippen LogP contribution in [0.2, 0.25) is 0 Å². The fraction of sp³-hybridized carbons (Fsp3) is 0.333. The third kappa shape index (κ3) is 4.56. The Labute approximate surface area is 182 Å². The number of nitrogens with zero attached hydrogens (tertiary/aromatic N) is 1. The van der Waals surface area contributed by atoms with Crippen LogP contribution in [0.5, 0.6) is 11.5 Å². The number of nitrogens with two attached hydrogens (primary N) is 1. The number of amides is 1. The number of benzene rings is 2. The van der Waals surface area contributed by atoms with E-state index in [0.717, 1.165) is 16.9 Å². The van der Waals surface area contributed by atoms with Gasteiger partial charge in [-0.3, -0.25) is 9.69 Å². The number of esters is 1. The van der Waals surface area contributed by atoms with E-state index < -0.39 is 12.0 Å². The largest absolute Gasteiger partial charge is 0.497 e. The van der Waals surface area contributed by atoms with E-state index in [0.29, 0.717) is 23.4 Å². The van der Waals surface area contributed by atoms with Crippen molar-refractivity contribution < 1.29 is 29.1 Å². The zero-order valence-corrected chi connectivity index (χ0v) is 18.5. The fourth-order valence-electron chi connectivity index (χ4n) is 3.85. The second kappa shape index (κ2) is 9.66. The highest BCUT2D eigenvalue weighted by Gasteiger charge is 2.41. The highest BCUT2D eigenvalue weighted by Crippen LogP contribution is 2.27. The van der Waals surface area contributed by atoms with Gasteiger partial charge in [0, 0.05) is 11.1 Å². The van der Waals surface area contributed by atoms with Gasteiger partial charge < -0.3 is 19.5 Å². The summed E-state index contributed by atoms with van der Waals surface area (Å²) >= 11 is 0. The van der Waals surface area contributed by atoms with Gasteiger partial charge in [-0.15, -0.1) is 0 Å². The first kappa shape index (κ1) is 22.4. The SMILES string of the molecule is COC(=O)[C@H]([NH2+][C@@H]1C(C)=C(C)C(=O)N1Cc1ccc(OC)cc1)c1ccccc1OC. The van der Waals surface area contributed by atoms with Gasteiger partial charge >= 0.3 is 5.97 Å². The summed E-state index contributed by atoms with van der Waals surface area (Å²) in [5.41, 5.74) is 3.29. The van der Waals surface area contributed by atoms with Gasteiger partial charge in [0.1, 0.15) is 11.5 Å². The van der Waals surface area contributed by atoms with Crippen molar-refractivity contribution in [2.24, 2.45) is 0 Å². The summed E-state index contributed by atoms with van der Waals surface area (Å²) in [4.78, 5) is 27.5. The van der Waals surface area contributed by atoms with Crippen LogP contribution in [0, 0.1) is 0 Å². The van der Waals surface area contributed by atoms with Crippen LogP contribution in [-0.2, 0) is 20.9 Å². The van der Waals surface area contributed by atoms with Crippen LogP contribution < -0.4 is 14.8 Å². The lowest BCUT2D eigenvalue weighted by molar-refractivity contribution is -0.724. The Morgan fingerprint density at radius 1 is 1.03 bits per heavy atom. The van der Waals surface area contributed by atoms with Crippen LogP contribution in [0.25, 0.3) is 0 Å². The van der Waals surface area contributed by atoms with E-state index in [-0.39, 0.29) is 12.1 Å². The molecule has 0 radical (unpaired) electrons. The summed E-state index contributed by atoms with van der Waals surface area (Å²) in [6.45, 7) is 4.17. The lowest BCUT2D eigenvalue weighted by atomic mass is 10.0. The lowest BCUT2D eigenvalue weighted by Gasteiger charge is -2.28. The van der Waals surface area contributed by atoms with Crippen LogP contribution in [-0.4, -0.2) is 44.3 Å². The van der Waals surface area contributed by atoms with E-state index in [4.69, 9.17) is 14.2 Å². The molecule has 1 heterocycles. The molecule has 3 rings (SSSR count). The molecule has 1 amide bonds. The first-order valence-corrected chi connectivity index (χ1v) is 10.1. The smallest absolute Gasteiger partial charge is 0.369 e. The van der Waals surface area contributed by atoms with Crippen molar-refractivity contribution in [3.63, 3.8) is 0 Å². The summed E-state index contributed by atoms with van der Waals surface area (Å²) in [5.74, 6) is 0.905. The van der Waals surface area contributed by atoms with Crippen LogP contribution in [0.15, 0.2) is 59.7 Å². The standard InChI is InChI=1S/C24H28N2O5/c1-15-16(2)23(27)26(14-17-10-12-18(29-3)13-11-17)22(15)25-21(24(28)31-5)19-8-6-7-9-20(19)30-4/h6-13,21-22,25H,14H2,1-5H3/p+1/t21-,22+/m1/s1. The molecule has 31 heavy (non-hydrogen) atoms. The second-order valence-corrected chi connectivity index (χ2v) is 7.47. The van der Waals surface area contributed by atoms with Gasteiger partial charge in [0.05, 0.1) is 33.4 Å². The summed E-state index contributed by atoms with van der Waals surface area (Å²) in [6.07, 6.45) is -0.344. The molecule has 2 aromatic rings. The third-order valence-electron chi connectivity index (χ3n) is 5.77. The minimum Gasteiger partial charge on any atom is -0.497 e. The van der Waals surface area contributed by atoms with Crippen molar-refractivity contribution in [1.29, 1.82) is 0 Å². The summed E-state index contributed by atoms with van der Waals surface area (Å²) in [6, 6.07) is 14.3. The normalized spacial score (nSPS) is 17.0. The van der Waals surface area contributed by atoms with Gasteiger partial charge in [0.15, 0.2) is 6.17 Å². The van der Waals surface area contributed by atoms with Crippen molar-refractivity contribution in [2.45, 2.75) is 32.6 Å². The van der Waals surface area contributed by atoms with E-state index in [9.17, 15) is 9.59 Å². The molecule has 0 spiro atoms. The summed E-state index contributed by atoms with van der Waals surface area (Å²) in [7, 11) is 4.55. The minimum atomic E-state index is -0.682. The number of rotatable bonds is 8. The Morgan fingerprint density at radius 3 is 2.32 bits per heavy atom. The molecule has 0 unspecified atom stereocenters. The zero-order chi connectivity index (χ0) is 22.5. The third-order valence-corrected chi connectivity index (χ3v) is 5.77. The van der Waals surface area contributed by atoms with Crippen molar-refractivity contribution in [1.82, 2.24) is 4.90 Å². The fourth-order valence-corrected chi connectivity index (χ4v) is 3.85. The number of carbonyl (C=O) groups is 2. The van der Waals surface area contributed by atoms with Gasteiger partial charge in [0.25, 0.3) is 5.91 Å². The molecule has 1 aliphatic rings. The van der Waals surface area contributed by atoms with Gasteiger partial charge in [-0.1, -0.05) is 24.3 Å². The van der Waals surface area contributed by atoms with Crippen LogP contribution in [0.1, 0.15) is 31.0 Å². The van der Waals surface area contributed by atoms with Crippen molar-refractivity contribution in [2.75, 3.05) is 21.3 Å². The van der Waals surface area contributed by atoms with E-state index >= 15 is 0 Å². The molecule has 164 valence electrons. The number of methoxy groups -OCH3 is 3. The molecule has 7 heteroatoms. The Balaban J connectivity index is 1.93. The highest BCUT2D eigenvalue weighted by molar-refractivity contribution is 5.96. The summed E-state index contributed by atoms with van der Waals surface area (Å²) in [5, 5.41) is 1.87. The van der Waals surface area contributed by atoms with Gasteiger partial charge in [0.2, 0.25) is 6.04 Å². The van der Waals surface area contributed by atoms with Crippen molar-refractivity contribution in [3.05, 3.63) is 70.8 Å². The van der Waals surface area contributed by atoms with Crippen molar-refractivity contribution >= 4 is 11.9 Å². The van der Waals surface area contributed by atoms with Crippen LogP contribution in [0.4, 0.5) is 0 Å². The highest BCUT2D eigenvalue weighted by atomic mass is 16.5. The van der Waals surface area contributed by atoms with E-state index in [1.54, 1.807) is 19.1 Å². The first-order chi connectivity index (χ1) is 14.9. The second-order valence-electron chi connectivity index (χ2n) is 7.47. The number of para-hydroxylation sites is 1. The lowest BCUT2D eigenvalue weighted by Crippen LogP contribution is -2.95. The molecule has 2 aromatic carbocycles. The molecule has 0 aliphatic carbocycles. The summed E-state index contributed by atoms with van der Waals surface area (Å²) < 4.78 is 15.8. The van der Waals surface area contributed by atoms with E-state index in [2.05, 4.69) is 0 Å². The maximum Gasteiger partial charge on any atom is 0.369 e. The Kier molecular flexibility index (Phi) is 6.97. The minimum absolute atomic E-state index is 0.0433. The molecule has 0 aromatic heterocycles. The molecule has 0 saturated carbocycles. The van der Waals surface area contributed by atoms with Crippen LogP contribution in [0.3, 0.4) is 0 Å². The molecule has 1 aliphatic heterocycles. The van der Waals surface area contributed by atoms with Crippen LogP contribution >= 0.6 is 0 Å². The molecule has 0 bridgehead atoms. The van der Waals surface area contributed by atoms with Crippen molar-refractivity contribution in [3.8, 4) is 11.5 Å². The molecular formula is C24H29N2O5+. The monoisotopic (exact) mass is 425 g/mol. The Hall–Kier alpha value is -3.32. The predicted molar refractivity (Wildman–Crippen MR) is 115 cm³/mol. The topological polar surface area (TPSA) is 81.7 Å². The number of hydrogen-bond donors (Lipinski definition) is 1. The molecule has 0 saturated heterocycles. The first-order valence-electron chi connectivity index (χ1n) is 10.1. The average molecular weight is 426 g/mol.